The van der Waals surface area contributed by atoms with Crippen molar-refractivity contribution in [2.24, 2.45) is 11.7 Å². The Morgan fingerprint density at radius 2 is 2.19 bits per heavy atom. The first-order valence-corrected chi connectivity index (χ1v) is 5.96. The molecule has 2 N–H and O–H groups in total. The highest BCUT2D eigenvalue weighted by atomic mass is 16.5. The summed E-state index contributed by atoms with van der Waals surface area (Å²) in [6.45, 7) is 2.82. The molecular formula is C11H17N3O2. The average molecular weight is 223 g/mol. The molecule has 0 bridgehead atoms. The van der Waals surface area contributed by atoms with E-state index < -0.39 is 0 Å². The zero-order valence-corrected chi connectivity index (χ0v) is 9.43. The molecule has 3 rings (SSSR count). The highest BCUT2D eigenvalue weighted by Crippen LogP contribution is 2.39. The summed E-state index contributed by atoms with van der Waals surface area (Å²) in [5.74, 6) is 2.16. The number of rotatable bonds is 3. The summed E-state index contributed by atoms with van der Waals surface area (Å²) in [5.41, 5.74) is 6.03. The van der Waals surface area contributed by atoms with Gasteiger partial charge in [-0.05, 0) is 32.1 Å². The molecule has 2 fully saturated rings. The van der Waals surface area contributed by atoms with Crippen molar-refractivity contribution in [2.45, 2.75) is 44.2 Å². The van der Waals surface area contributed by atoms with Crippen LogP contribution in [0.5, 0.6) is 0 Å². The molecule has 0 aromatic carbocycles. The van der Waals surface area contributed by atoms with Gasteiger partial charge >= 0.3 is 0 Å². The number of hydrogen-bond donors (Lipinski definition) is 1. The standard InChI is InChI=1S/C11H17N3O2/c1-6-8(4-5-15-6)11-13-10(14-16-11)9(12)7-2-3-7/h6-9H,2-5,12H2,1H3. The Labute approximate surface area is 94.3 Å². The molecule has 2 aliphatic rings. The van der Waals surface area contributed by atoms with Gasteiger partial charge in [-0.1, -0.05) is 5.16 Å². The monoisotopic (exact) mass is 223 g/mol. The quantitative estimate of drug-likeness (QED) is 0.837. The number of ether oxygens (including phenoxy) is 1. The summed E-state index contributed by atoms with van der Waals surface area (Å²) in [6, 6.07) is -0.0462. The lowest BCUT2D eigenvalue weighted by atomic mass is 10.0. The van der Waals surface area contributed by atoms with E-state index >= 15 is 0 Å². The molecule has 1 aliphatic heterocycles. The number of nitrogens with zero attached hydrogens (tertiary/aromatic N) is 2. The highest BCUT2D eigenvalue weighted by Gasteiger charge is 2.35. The normalized spacial score (nSPS) is 31.9. The van der Waals surface area contributed by atoms with E-state index in [4.69, 9.17) is 15.0 Å². The van der Waals surface area contributed by atoms with Gasteiger partial charge in [-0.3, -0.25) is 0 Å². The second-order valence-corrected chi connectivity index (χ2v) is 4.83. The second kappa shape index (κ2) is 3.82. The highest BCUT2D eigenvalue weighted by molar-refractivity contribution is 5.04. The van der Waals surface area contributed by atoms with Gasteiger partial charge in [0.25, 0.3) is 0 Å². The first-order chi connectivity index (χ1) is 7.75. The molecule has 1 aromatic rings. The van der Waals surface area contributed by atoms with Crippen molar-refractivity contribution in [3.8, 4) is 0 Å². The lowest BCUT2D eigenvalue weighted by Gasteiger charge is -2.08. The largest absolute Gasteiger partial charge is 0.378 e. The Hall–Kier alpha value is -0.940. The van der Waals surface area contributed by atoms with Gasteiger partial charge in [0.2, 0.25) is 5.89 Å². The number of nitrogens with two attached hydrogens (primary N) is 1. The molecule has 5 heteroatoms. The molecule has 2 heterocycles. The average Bonchev–Trinajstić information content (AvgIpc) is 2.86. The number of aromatic nitrogens is 2. The van der Waals surface area contributed by atoms with Gasteiger partial charge in [0.1, 0.15) is 0 Å². The van der Waals surface area contributed by atoms with Crippen molar-refractivity contribution in [2.75, 3.05) is 6.61 Å². The molecule has 0 radical (unpaired) electrons. The van der Waals surface area contributed by atoms with Gasteiger partial charge in [0, 0.05) is 6.61 Å². The van der Waals surface area contributed by atoms with Crippen LogP contribution in [-0.2, 0) is 4.74 Å². The lowest BCUT2D eigenvalue weighted by molar-refractivity contribution is 0.113. The van der Waals surface area contributed by atoms with Crippen molar-refractivity contribution >= 4 is 0 Å². The molecule has 3 unspecified atom stereocenters. The van der Waals surface area contributed by atoms with E-state index in [0.717, 1.165) is 13.0 Å². The third kappa shape index (κ3) is 1.74. The Morgan fingerprint density at radius 1 is 1.38 bits per heavy atom. The van der Waals surface area contributed by atoms with Crippen molar-refractivity contribution in [1.29, 1.82) is 0 Å². The van der Waals surface area contributed by atoms with Crippen LogP contribution in [0.3, 0.4) is 0 Å². The van der Waals surface area contributed by atoms with E-state index in [0.29, 0.717) is 17.6 Å². The Bertz CT molecular complexity index is 375. The summed E-state index contributed by atoms with van der Waals surface area (Å²) >= 11 is 0. The summed E-state index contributed by atoms with van der Waals surface area (Å²) in [6.07, 6.45) is 3.51. The summed E-state index contributed by atoms with van der Waals surface area (Å²) < 4.78 is 10.8. The van der Waals surface area contributed by atoms with Gasteiger partial charge in [0.05, 0.1) is 18.1 Å². The molecule has 1 aliphatic carbocycles. The third-order valence-corrected chi connectivity index (χ3v) is 3.58. The zero-order chi connectivity index (χ0) is 11.1. The maximum Gasteiger partial charge on any atom is 0.232 e. The van der Waals surface area contributed by atoms with Crippen LogP contribution in [0.1, 0.15) is 49.9 Å². The molecule has 88 valence electrons. The fourth-order valence-corrected chi connectivity index (χ4v) is 2.26. The van der Waals surface area contributed by atoms with Crippen LogP contribution in [-0.4, -0.2) is 22.9 Å². The van der Waals surface area contributed by atoms with Crippen LogP contribution in [0, 0.1) is 5.92 Å². The first kappa shape index (κ1) is 10.2. The topological polar surface area (TPSA) is 74.2 Å². The van der Waals surface area contributed by atoms with Crippen molar-refractivity contribution < 1.29 is 9.26 Å². The summed E-state index contributed by atoms with van der Waals surface area (Å²) in [5, 5.41) is 3.99. The zero-order valence-electron chi connectivity index (χ0n) is 9.43. The predicted octanol–water partition coefficient (Wildman–Crippen LogP) is 1.37. The van der Waals surface area contributed by atoms with Crippen LogP contribution >= 0.6 is 0 Å². The van der Waals surface area contributed by atoms with Crippen molar-refractivity contribution in [3.63, 3.8) is 0 Å². The van der Waals surface area contributed by atoms with Crippen LogP contribution < -0.4 is 5.73 Å². The van der Waals surface area contributed by atoms with Crippen LogP contribution in [0.4, 0.5) is 0 Å². The van der Waals surface area contributed by atoms with Crippen molar-refractivity contribution in [1.82, 2.24) is 10.1 Å². The fraction of sp³-hybridized carbons (Fsp3) is 0.818. The fourth-order valence-electron chi connectivity index (χ4n) is 2.26. The molecule has 16 heavy (non-hydrogen) atoms. The van der Waals surface area contributed by atoms with Gasteiger partial charge < -0.3 is 15.0 Å². The maximum atomic E-state index is 6.03. The van der Waals surface area contributed by atoms with E-state index in [2.05, 4.69) is 10.1 Å². The van der Waals surface area contributed by atoms with E-state index in [1.165, 1.54) is 12.8 Å². The summed E-state index contributed by atoms with van der Waals surface area (Å²) in [7, 11) is 0. The molecular weight excluding hydrogens is 206 g/mol. The minimum atomic E-state index is -0.0462. The minimum Gasteiger partial charge on any atom is -0.378 e. The Balaban J connectivity index is 1.76. The Morgan fingerprint density at radius 3 is 2.81 bits per heavy atom. The number of hydrogen-bond acceptors (Lipinski definition) is 5. The summed E-state index contributed by atoms with van der Waals surface area (Å²) in [4.78, 5) is 4.42. The smallest absolute Gasteiger partial charge is 0.232 e. The van der Waals surface area contributed by atoms with Crippen LogP contribution in [0.15, 0.2) is 4.52 Å². The van der Waals surface area contributed by atoms with Gasteiger partial charge in [-0.15, -0.1) is 0 Å². The van der Waals surface area contributed by atoms with Gasteiger partial charge in [-0.2, -0.15) is 4.98 Å². The van der Waals surface area contributed by atoms with Crippen LogP contribution in [0.25, 0.3) is 0 Å². The predicted molar refractivity (Wildman–Crippen MR) is 56.7 cm³/mol. The molecule has 5 nitrogen and oxygen atoms in total. The molecule has 1 aromatic heterocycles. The maximum absolute atomic E-state index is 6.03. The SMILES string of the molecule is CC1OCCC1c1nc(C(N)C2CC2)no1. The molecule has 3 atom stereocenters. The minimum absolute atomic E-state index is 0.0462. The lowest BCUT2D eigenvalue weighted by Crippen LogP contribution is -2.15. The van der Waals surface area contributed by atoms with Crippen molar-refractivity contribution in [3.05, 3.63) is 11.7 Å². The molecule has 0 amide bonds. The second-order valence-electron chi connectivity index (χ2n) is 4.83. The van der Waals surface area contributed by atoms with E-state index in [9.17, 15) is 0 Å². The molecule has 1 saturated carbocycles. The Kier molecular flexibility index (Phi) is 2.44. The van der Waals surface area contributed by atoms with Gasteiger partial charge in [0.15, 0.2) is 5.82 Å². The third-order valence-electron chi connectivity index (χ3n) is 3.58. The van der Waals surface area contributed by atoms with E-state index in [-0.39, 0.29) is 18.1 Å². The van der Waals surface area contributed by atoms with Crippen LogP contribution in [0.2, 0.25) is 0 Å². The van der Waals surface area contributed by atoms with E-state index in [1.807, 2.05) is 6.92 Å². The van der Waals surface area contributed by atoms with E-state index in [1.54, 1.807) is 0 Å². The first-order valence-electron chi connectivity index (χ1n) is 5.96. The molecule has 0 spiro atoms. The van der Waals surface area contributed by atoms with Gasteiger partial charge in [-0.25, -0.2) is 0 Å². The molecule has 1 saturated heterocycles.